The first kappa shape index (κ1) is 13.2. The maximum absolute atomic E-state index is 12.7. The molecule has 100 valence electrons. The Hall–Kier alpha value is -2.24. The van der Waals surface area contributed by atoms with Crippen LogP contribution in [0.5, 0.6) is 0 Å². The molecule has 2 aromatic rings. The van der Waals surface area contributed by atoms with Crippen LogP contribution in [0.2, 0.25) is 0 Å². The number of aromatic carboxylic acids is 1. The van der Waals surface area contributed by atoms with Crippen molar-refractivity contribution in [1.29, 1.82) is 0 Å². The van der Waals surface area contributed by atoms with E-state index >= 15 is 0 Å². The molecule has 0 aliphatic heterocycles. The van der Waals surface area contributed by atoms with Crippen LogP contribution in [0.15, 0.2) is 28.7 Å². The molecule has 0 bridgehead atoms. The molecule has 0 aliphatic rings. The van der Waals surface area contributed by atoms with E-state index < -0.39 is 23.8 Å². The molecule has 0 saturated heterocycles. The molecule has 6 heteroatoms. The van der Waals surface area contributed by atoms with Crippen LogP contribution >= 0.6 is 0 Å². The zero-order chi connectivity index (χ0) is 14.0. The summed E-state index contributed by atoms with van der Waals surface area (Å²) in [6.07, 6.45) is -2.33. The number of rotatable bonds is 4. The molecule has 0 saturated carbocycles. The van der Waals surface area contributed by atoms with E-state index in [-0.39, 0.29) is 5.89 Å². The molecule has 0 amide bonds. The average Bonchev–Trinajstić information content (AvgIpc) is 2.84. The van der Waals surface area contributed by atoms with Crippen molar-refractivity contribution in [2.45, 2.75) is 19.8 Å². The lowest BCUT2D eigenvalue weighted by Crippen LogP contribution is -1.99. The fourth-order valence-electron chi connectivity index (χ4n) is 1.79. The number of halogens is 2. The molecule has 1 aromatic carbocycles. The second-order valence-electron chi connectivity index (χ2n) is 3.85. The summed E-state index contributed by atoms with van der Waals surface area (Å²) < 4.78 is 30.4. The van der Waals surface area contributed by atoms with Crippen LogP contribution in [0.25, 0.3) is 11.5 Å². The van der Waals surface area contributed by atoms with Crippen LogP contribution in [-0.2, 0) is 6.42 Å². The lowest BCUT2D eigenvalue weighted by Gasteiger charge is -2.02. The van der Waals surface area contributed by atoms with Crippen LogP contribution in [0.4, 0.5) is 8.78 Å². The minimum atomic E-state index is -2.99. The summed E-state index contributed by atoms with van der Waals surface area (Å²) in [5.74, 6) is -2.45. The summed E-state index contributed by atoms with van der Waals surface area (Å²) in [4.78, 5) is 14.5. The summed E-state index contributed by atoms with van der Waals surface area (Å²) in [7, 11) is 0. The fraction of sp³-hybridized carbons (Fsp3) is 0.231. The average molecular weight is 267 g/mol. The van der Waals surface area contributed by atoms with Crippen molar-refractivity contribution in [3.05, 3.63) is 41.3 Å². The van der Waals surface area contributed by atoms with E-state index in [1.54, 1.807) is 18.2 Å². The van der Waals surface area contributed by atoms with Crippen LogP contribution in [-0.4, -0.2) is 16.1 Å². The SMILES string of the molecule is CCc1ccccc1-c1nc(C(F)F)c(C(=O)O)o1. The van der Waals surface area contributed by atoms with Gasteiger partial charge in [0.1, 0.15) is 0 Å². The molecule has 0 atom stereocenters. The van der Waals surface area contributed by atoms with Crippen molar-refractivity contribution in [3.63, 3.8) is 0 Å². The third-order valence-corrected chi connectivity index (χ3v) is 2.68. The number of nitrogens with zero attached hydrogens (tertiary/aromatic N) is 1. The first-order valence-electron chi connectivity index (χ1n) is 5.65. The van der Waals surface area contributed by atoms with Gasteiger partial charge < -0.3 is 9.52 Å². The first-order valence-corrected chi connectivity index (χ1v) is 5.65. The zero-order valence-corrected chi connectivity index (χ0v) is 10.1. The number of hydrogen-bond donors (Lipinski definition) is 1. The van der Waals surface area contributed by atoms with Gasteiger partial charge in [0.25, 0.3) is 6.43 Å². The van der Waals surface area contributed by atoms with Crippen molar-refractivity contribution >= 4 is 5.97 Å². The lowest BCUT2D eigenvalue weighted by atomic mass is 10.1. The number of carboxylic acids is 1. The maximum atomic E-state index is 12.7. The topological polar surface area (TPSA) is 63.3 Å². The molecule has 0 aliphatic carbocycles. The van der Waals surface area contributed by atoms with Crippen LogP contribution in [0, 0.1) is 0 Å². The minimum absolute atomic E-state index is 0.0925. The maximum Gasteiger partial charge on any atom is 0.374 e. The molecule has 1 N–H and O–H groups in total. The summed E-state index contributed by atoms with van der Waals surface area (Å²) in [5, 5.41) is 8.83. The highest BCUT2D eigenvalue weighted by atomic mass is 19.3. The van der Waals surface area contributed by atoms with Gasteiger partial charge in [-0.1, -0.05) is 25.1 Å². The molecule has 0 spiro atoms. The van der Waals surface area contributed by atoms with E-state index in [0.717, 1.165) is 5.56 Å². The second-order valence-corrected chi connectivity index (χ2v) is 3.85. The monoisotopic (exact) mass is 267 g/mol. The Kier molecular flexibility index (Phi) is 3.59. The molecule has 19 heavy (non-hydrogen) atoms. The summed E-state index contributed by atoms with van der Waals surface area (Å²) in [6.45, 7) is 1.90. The van der Waals surface area contributed by atoms with Crippen LogP contribution in [0.3, 0.4) is 0 Å². The fourth-order valence-corrected chi connectivity index (χ4v) is 1.79. The van der Waals surface area contributed by atoms with E-state index in [1.165, 1.54) is 0 Å². The van der Waals surface area contributed by atoms with E-state index in [9.17, 15) is 13.6 Å². The van der Waals surface area contributed by atoms with Gasteiger partial charge in [-0.3, -0.25) is 0 Å². The van der Waals surface area contributed by atoms with Gasteiger partial charge in [0.05, 0.1) is 0 Å². The van der Waals surface area contributed by atoms with E-state index in [1.807, 2.05) is 13.0 Å². The predicted molar refractivity (Wildman–Crippen MR) is 63.2 cm³/mol. The number of aromatic nitrogens is 1. The van der Waals surface area contributed by atoms with E-state index in [0.29, 0.717) is 12.0 Å². The van der Waals surface area contributed by atoms with Crippen LogP contribution in [0.1, 0.15) is 35.2 Å². The molecular formula is C13H11F2NO3. The third kappa shape index (κ3) is 2.47. The van der Waals surface area contributed by atoms with E-state index in [4.69, 9.17) is 9.52 Å². The van der Waals surface area contributed by atoms with Gasteiger partial charge in [-0.25, -0.2) is 18.6 Å². The number of carboxylic acid groups (broad SMARTS) is 1. The molecule has 4 nitrogen and oxygen atoms in total. The number of oxazole rings is 1. The predicted octanol–water partition coefficient (Wildman–Crippen LogP) is 3.54. The minimum Gasteiger partial charge on any atom is -0.475 e. The van der Waals surface area contributed by atoms with Gasteiger partial charge in [-0.2, -0.15) is 0 Å². The normalized spacial score (nSPS) is 10.9. The molecule has 1 aromatic heterocycles. The van der Waals surface area contributed by atoms with Crippen molar-refractivity contribution < 1.29 is 23.1 Å². The quantitative estimate of drug-likeness (QED) is 0.920. The summed E-state index contributed by atoms with van der Waals surface area (Å²) in [6, 6.07) is 6.98. The number of aryl methyl sites for hydroxylation is 1. The highest BCUT2D eigenvalue weighted by molar-refractivity contribution is 5.86. The Morgan fingerprint density at radius 2 is 2.11 bits per heavy atom. The molecular weight excluding hydrogens is 256 g/mol. The van der Waals surface area contributed by atoms with Gasteiger partial charge in [-0.05, 0) is 18.1 Å². The lowest BCUT2D eigenvalue weighted by molar-refractivity contribution is 0.0647. The van der Waals surface area contributed by atoms with Gasteiger partial charge in [0, 0.05) is 5.56 Å². The highest BCUT2D eigenvalue weighted by Crippen LogP contribution is 2.30. The van der Waals surface area contributed by atoms with Crippen molar-refractivity contribution in [2.75, 3.05) is 0 Å². The Morgan fingerprint density at radius 1 is 1.42 bits per heavy atom. The summed E-state index contributed by atoms with van der Waals surface area (Å²) >= 11 is 0. The first-order chi connectivity index (χ1) is 9.04. The second kappa shape index (κ2) is 5.17. The number of hydrogen-bond acceptors (Lipinski definition) is 3. The number of alkyl halides is 2. The summed E-state index contributed by atoms with van der Waals surface area (Å²) in [5.41, 5.74) is 0.536. The molecule has 0 radical (unpaired) electrons. The van der Waals surface area contributed by atoms with Gasteiger partial charge in [-0.15, -0.1) is 0 Å². The van der Waals surface area contributed by atoms with E-state index in [2.05, 4.69) is 4.98 Å². The number of benzene rings is 1. The smallest absolute Gasteiger partial charge is 0.374 e. The Labute approximate surface area is 107 Å². The Bertz CT molecular complexity index is 608. The van der Waals surface area contributed by atoms with Gasteiger partial charge in [0.15, 0.2) is 5.69 Å². The van der Waals surface area contributed by atoms with Gasteiger partial charge >= 0.3 is 5.97 Å². The zero-order valence-electron chi connectivity index (χ0n) is 10.1. The Balaban J connectivity index is 2.57. The third-order valence-electron chi connectivity index (χ3n) is 2.68. The van der Waals surface area contributed by atoms with Crippen molar-refractivity contribution in [2.24, 2.45) is 0 Å². The molecule has 0 unspecified atom stereocenters. The standard InChI is InChI=1S/C13H11F2NO3/c1-2-7-5-3-4-6-8(7)12-16-9(11(14)15)10(19-12)13(17)18/h3-6,11H,2H2,1H3,(H,17,18). The van der Waals surface area contributed by atoms with Crippen LogP contribution < -0.4 is 0 Å². The molecule has 2 rings (SSSR count). The van der Waals surface area contributed by atoms with Crippen molar-refractivity contribution in [1.82, 2.24) is 4.98 Å². The highest BCUT2D eigenvalue weighted by Gasteiger charge is 2.27. The molecule has 1 heterocycles. The number of carbonyl (C=O) groups is 1. The molecule has 0 fully saturated rings. The van der Waals surface area contributed by atoms with Crippen molar-refractivity contribution in [3.8, 4) is 11.5 Å². The largest absolute Gasteiger partial charge is 0.475 e. The Morgan fingerprint density at radius 3 is 2.63 bits per heavy atom. The van der Waals surface area contributed by atoms with Gasteiger partial charge in [0.2, 0.25) is 11.7 Å².